The third-order valence-corrected chi connectivity index (χ3v) is 9.26. The summed E-state index contributed by atoms with van der Waals surface area (Å²) in [6.07, 6.45) is 2.39. The van der Waals surface area contributed by atoms with Gasteiger partial charge in [-0.2, -0.15) is 0 Å². The molecule has 4 atom stereocenters. The zero-order valence-electron chi connectivity index (χ0n) is 19.4. The maximum atomic E-state index is 13.6. The minimum atomic E-state index is -1.39. The normalized spacial score (nSPS) is 32.2. The molecule has 36 heavy (non-hydrogen) atoms. The van der Waals surface area contributed by atoms with Crippen molar-refractivity contribution in [3.05, 3.63) is 63.6 Å². The number of phenols is 1. The molecule has 1 saturated carbocycles. The Morgan fingerprint density at radius 3 is 2.81 bits per heavy atom. The van der Waals surface area contributed by atoms with E-state index in [1.54, 1.807) is 6.07 Å². The highest BCUT2D eigenvalue weighted by Gasteiger charge is 2.73. The first-order valence-corrected chi connectivity index (χ1v) is 12.8. The number of halogens is 2. The quantitative estimate of drug-likeness (QED) is 0.497. The zero-order valence-corrected chi connectivity index (χ0v) is 20.2. The van der Waals surface area contributed by atoms with Gasteiger partial charge in [-0.15, -0.1) is 0 Å². The van der Waals surface area contributed by atoms with Crippen LogP contribution in [0.2, 0.25) is 5.02 Å². The molecule has 188 valence electrons. The van der Waals surface area contributed by atoms with Crippen LogP contribution in [0.1, 0.15) is 36.8 Å². The Bertz CT molecular complexity index is 1360. The van der Waals surface area contributed by atoms with Gasteiger partial charge in [0, 0.05) is 30.3 Å². The highest BCUT2D eigenvalue weighted by atomic mass is 35.5. The van der Waals surface area contributed by atoms with Crippen LogP contribution < -0.4 is 10.1 Å². The molecular weight excluding hydrogens is 487 g/mol. The van der Waals surface area contributed by atoms with E-state index in [4.69, 9.17) is 16.3 Å². The van der Waals surface area contributed by atoms with Crippen LogP contribution in [0, 0.1) is 11.7 Å². The number of likely N-dealkylation sites (tertiary alicyclic amines) is 1. The third kappa shape index (κ3) is 2.83. The van der Waals surface area contributed by atoms with Crippen molar-refractivity contribution in [3.8, 4) is 11.5 Å². The zero-order chi connectivity index (χ0) is 25.0. The van der Waals surface area contributed by atoms with Gasteiger partial charge in [0.15, 0.2) is 17.6 Å². The maximum absolute atomic E-state index is 13.6. The molecule has 2 bridgehead atoms. The molecular formula is C27H26ClFN2O5. The minimum Gasteiger partial charge on any atom is -0.508 e. The van der Waals surface area contributed by atoms with Crippen LogP contribution in [0.4, 0.5) is 10.1 Å². The molecule has 0 radical (unpaired) electrons. The van der Waals surface area contributed by atoms with Crippen LogP contribution in [-0.4, -0.2) is 57.0 Å². The average molecular weight is 513 g/mol. The van der Waals surface area contributed by atoms with E-state index in [0.29, 0.717) is 18.8 Å². The van der Waals surface area contributed by atoms with Gasteiger partial charge < -0.3 is 25.4 Å². The van der Waals surface area contributed by atoms with Gasteiger partial charge in [-0.25, -0.2) is 4.39 Å². The van der Waals surface area contributed by atoms with Crippen LogP contribution >= 0.6 is 11.6 Å². The number of aliphatic hydroxyl groups excluding tert-OH is 1. The van der Waals surface area contributed by atoms with Crippen molar-refractivity contribution in [2.45, 2.75) is 55.3 Å². The molecule has 1 spiro atoms. The Labute approximate surface area is 212 Å². The van der Waals surface area contributed by atoms with Crippen LogP contribution in [0.15, 0.2) is 41.7 Å². The van der Waals surface area contributed by atoms with Crippen molar-refractivity contribution in [1.29, 1.82) is 0 Å². The van der Waals surface area contributed by atoms with Gasteiger partial charge in [-0.1, -0.05) is 17.7 Å². The number of anilines is 1. The number of nitrogens with one attached hydrogen (secondary N) is 1. The molecule has 4 N–H and O–H groups in total. The van der Waals surface area contributed by atoms with E-state index in [1.807, 2.05) is 6.07 Å². The Balaban J connectivity index is 1.34. The van der Waals surface area contributed by atoms with Gasteiger partial charge in [0.25, 0.3) is 5.91 Å². The number of benzene rings is 2. The van der Waals surface area contributed by atoms with Crippen molar-refractivity contribution in [2.24, 2.45) is 5.92 Å². The van der Waals surface area contributed by atoms with Gasteiger partial charge in [-0.3, -0.25) is 9.69 Å². The van der Waals surface area contributed by atoms with E-state index in [1.165, 1.54) is 25.0 Å². The molecule has 2 fully saturated rings. The largest absolute Gasteiger partial charge is 0.508 e. The number of piperidine rings is 1. The Morgan fingerprint density at radius 2 is 2.06 bits per heavy atom. The topological polar surface area (TPSA) is 102 Å². The fourth-order valence-corrected chi connectivity index (χ4v) is 7.33. The van der Waals surface area contributed by atoms with Crippen LogP contribution in [0.5, 0.6) is 11.5 Å². The molecule has 2 aromatic carbocycles. The van der Waals surface area contributed by atoms with Crippen molar-refractivity contribution in [2.75, 3.05) is 18.4 Å². The summed E-state index contributed by atoms with van der Waals surface area (Å²) in [5.41, 5.74) is -0.306. The highest BCUT2D eigenvalue weighted by Crippen LogP contribution is 2.66. The number of ether oxygens (including phenoxy) is 1. The predicted molar refractivity (Wildman–Crippen MR) is 130 cm³/mol. The number of rotatable bonds is 4. The average Bonchev–Trinajstić information content (AvgIpc) is 3.58. The van der Waals surface area contributed by atoms with Gasteiger partial charge in [0.2, 0.25) is 0 Å². The number of nitrogens with zero attached hydrogens (tertiary/aromatic N) is 1. The monoisotopic (exact) mass is 512 g/mol. The second kappa shape index (κ2) is 7.37. The lowest BCUT2D eigenvalue weighted by Crippen LogP contribution is -2.75. The highest BCUT2D eigenvalue weighted by molar-refractivity contribution is 6.31. The lowest BCUT2D eigenvalue weighted by molar-refractivity contribution is -0.172. The summed E-state index contributed by atoms with van der Waals surface area (Å²) in [7, 11) is 0. The standard InChI is InChI=1S/C27H26ClFN2O5/c28-17-10-15(4-5-18(17)29)30-25(34)16-11-27(35)20-9-14-3-6-19(32)23-21(14)26(27,24(36-23)22(16)33)7-8-31(20)12-13-1-2-13/h3-6,10,13,20,24,32-33,35H,1-2,7-9,11-12H2,(H,30,34)/t20-,24+,26+,27-/m1/s1. The Kier molecular flexibility index (Phi) is 4.58. The van der Waals surface area contributed by atoms with Crippen LogP contribution in [-0.2, 0) is 16.6 Å². The van der Waals surface area contributed by atoms with Gasteiger partial charge in [0.05, 0.1) is 21.6 Å². The molecule has 7 rings (SSSR count). The van der Waals surface area contributed by atoms with Crippen molar-refractivity contribution < 1.29 is 29.2 Å². The summed E-state index contributed by atoms with van der Waals surface area (Å²) < 4.78 is 19.8. The maximum Gasteiger partial charge on any atom is 0.255 e. The van der Waals surface area contributed by atoms with Gasteiger partial charge in [-0.05, 0) is 68.0 Å². The number of amides is 1. The van der Waals surface area contributed by atoms with E-state index >= 15 is 0 Å². The summed E-state index contributed by atoms with van der Waals surface area (Å²) in [4.78, 5) is 15.8. The molecule has 0 unspecified atom stereocenters. The second-order valence-corrected chi connectivity index (χ2v) is 11.3. The van der Waals surface area contributed by atoms with E-state index in [2.05, 4.69) is 10.2 Å². The number of carbonyl (C=O) groups excluding carboxylic acids is 1. The lowest BCUT2D eigenvalue weighted by Gasteiger charge is -2.62. The van der Waals surface area contributed by atoms with Crippen LogP contribution in [0.25, 0.3) is 0 Å². The van der Waals surface area contributed by atoms with Crippen molar-refractivity contribution in [1.82, 2.24) is 4.90 Å². The number of hydrogen-bond acceptors (Lipinski definition) is 6. The second-order valence-electron chi connectivity index (χ2n) is 10.9. The van der Waals surface area contributed by atoms with Crippen LogP contribution in [0.3, 0.4) is 0 Å². The summed E-state index contributed by atoms with van der Waals surface area (Å²) in [6, 6.07) is 7.05. The SMILES string of the molecule is O=C(Nc1ccc(F)c(Cl)c1)C1=C(O)[C@@H]2Oc3c(O)ccc4c3[C@@]23CCN(CC2CC2)[C@H](C4)[C@]3(O)C1. The molecule has 5 aliphatic rings. The van der Waals surface area contributed by atoms with E-state index in [9.17, 15) is 24.5 Å². The lowest BCUT2D eigenvalue weighted by atomic mass is 9.49. The smallest absolute Gasteiger partial charge is 0.255 e. The molecule has 0 aromatic heterocycles. The fourth-order valence-electron chi connectivity index (χ4n) is 7.15. The summed E-state index contributed by atoms with van der Waals surface area (Å²) in [5.74, 6) is -0.608. The summed E-state index contributed by atoms with van der Waals surface area (Å²) >= 11 is 5.87. The van der Waals surface area contributed by atoms with E-state index in [0.717, 1.165) is 30.3 Å². The number of aromatic hydroxyl groups is 1. The molecule has 2 heterocycles. The molecule has 1 saturated heterocycles. The minimum absolute atomic E-state index is 0.0209. The fraction of sp³-hybridized carbons (Fsp3) is 0.444. The first-order chi connectivity index (χ1) is 17.2. The first-order valence-electron chi connectivity index (χ1n) is 12.4. The number of carbonyl (C=O) groups is 1. The van der Waals surface area contributed by atoms with Gasteiger partial charge >= 0.3 is 0 Å². The first kappa shape index (κ1) is 22.4. The molecule has 7 nitrogen and oxygen atoms in total. The molecule has 1 amide bonds. The van der Waals surface area contributed by atoms with E-state index in [-0.39, 0.29) is 46.0 Å². The molecule has 2 aliphatic heterocycles. The Morgan fingerprint density at radius 1 is 1.25 bits per heavy atom. The number of phenolic OH excluding ortho intramolecular Hbond substituents is 1. The molecule has 9 heteroatoms. The van der Waals surface area contributed by atoms with Gasteiger partial charge in [0.1, 0.15) is 11.6 Å². The summed E-state index contributed by atoms with van der Waals surface area (Å²) in [6.45, 7) is 1.63. The molecule has 2 aromatic rings. The predicted octanol–water partition coefficient (Wildman–Crippen LogP) is 3.81. The van der Waals surface area contributed by atoms with Crippen molar-refractivity contribution in [3.63, 3.8) is 0 Å². The Hall–Kier alpha value is -2.81. The number of hydrogen-bond donors (Lipinski definition) is 4. The van der Waals surface area contributed by atoms with Crippen molar-refractivity contribution >= 4 is 23.2 Å². The number of aliphatic hydroxyl groups is 2. The summed E-state index contributed by atoms with van der Waals surface area (Å²) in [5, 5.41) is 37.2. The molecule has 3 aliphatic carbocycles. The van der Waals surface area contributed by atoms with E-state index < -0.39 is 28.8 Å². The third-order valence-electron chi connectivity index (χ3n) is 8.97.